The van der Waals surface area contributed by atoms with Crippen LogP contribution in [0.5, 0.6) is 0 Å². The lowest BCUT2D eigenvalue weighted by Gasteiger charge is -2.49. The maximum Gasteiger partial charge on any atom is 0.483 e. The molecule has 0 saturated heterocycles. The molecule has 0 rings (SSSR count). The van der Waals surface area contributed by atoms with Gasteiger partial charge in [-0.05, 0) is 0 Å². The highest BCUT2D eigenvalue weighted by atomic mass is 19.4. The summed E-state index contributed by atoms with van der Waals surface area (Å²) in [6, 6.07) is 0. The first kappa shape index (κ1) is 42.9. The molecule has 31 heteroatoms. The summed E-state index contributed by atoms with van der Waals surface area (Å²) >= 11 is 0. The van der Waals surface area contributed by atoms with Crippen molar-refractivity contribution in [3.63, 3.8) is 0 Å². The van der Waals surface area contributed by atoms with Crippen molar-refractivity contribution in [3.05, 3.63) is 0 Å². The van der Waals surface area contributed by atoms with E-state index in [0.717, 1.165) is 14.2 Å². The molecule has 4 unspecified atom stereocenters. The third-order valence-electron chi connectivity index (χ3n) is 4.57. The number of alkyl halides is 28. The lowest BCUT2D eigenvalue weighted by molar-refractivity contribution is -0.580. The van der Waals surface area contributed by atoms with Crippen LogP contribution < -0.4 is 0 Å². The fourth-order valence-corrected chi connectivity index (χ4v) is 2.35. The second-order valence-corrected chi connectivity index (χ2v) is 7.58. The first-order valence-electron chi connectivity index (χ1n) is 9.21. The molecule has 0 aromatic carbocycles. The lowest BCUT2D eigenvalue weighted by atomic mass is 9.90. The van der Waals surface area contributed by atoms with E-state index in [1.807, 2.05) is 0 Å². The van der Waals surface area contributed by atoms with E-state index in [1.54, 1.807) is 0 Å². The summed E-state index contributed by atoms with van der Waals surface area (Å²) in [5, 5.41) is 0. The van der Waals surface area contributed by atoms with Gasteiger partial charge in [0.15, 0.2) is 0 Å². The molecule has 0 saturated carbocycles. The van der Waals surface area contributed by atoms with Crippen molar-refractivity contribution in [1.82, 2.24) is 0 Å². The molecule has 0 aliphatic heterocycles. The van der Waals surface area contributed by atoms with Gasteiger partial charge in [0, 0.05) is 0 Å². The highest BCUT2D eigenvalue weighted by molar-refractivity contribution is 5.13. The smallest absolute Gasteiger partial charge is 0.288 e. The Balaban J connectivity index is 8.52. The highest BCUT2D eigenvalue weighted by Gasteiger charge is 2.94. The van der Waals surface area contributed by atoms with Crippen molar-refractivity contribution in [2.24, 2.45) is 0 Å². The Morgan fingerprint density at radius 1 is 0.267 bits per heavy atom. The monoisotopic (exact) mass is 750 g/mol. The van der Waals surface area contributed by atoms with Gasteiger partial charge in [0.2, 0.25) is 0 Å². The van der Waals surface area contributed by atoms with Crippen molar-refractivity contribution < 1.29 is 137 Å². The minimum Gasteiger partial charge on any atom is -0.288 e. The van der Waals surface area contributed by atoms with Gasteiger partial charge < -0.3 is 0 Å². The number of hydrogen-bond donors (Lipinski definition) is 0. The van der Waals surface area contributed by atoms with E-state index in [2.05, 4.69) is 0 Å². The summed E-state index contributed by atoms with van der Waals surface area (Å²) in [5.74, 6) is -19.2. The Morgan fingerprint density at radius 3 is 0.600 bits per heavy atom. The van der Waals surface area contributed by atoms with Crippen LogP contribution in [0.3, 0.4) is 0 Å². The van der Waals surface area contributed by atoms with Crippen molar-refractivity contribution in [2.45, 2.75) is 85.0 Å². The highest BCUT2D eigenvalue weighted by Crippen LogP contribution is 2.64. The first-order chi connectivity index (χ1) is 19.0. The first-order valence-corrected chi connectivity index (χ1v) is 9.21. The standard InChI is InChI=1S/C14H2F28O3/c15-1(16)3(19,7(23,24)25)5(21,11(35,36)44-13(39,40)9(29,30)31)43-6(22,4(20,2(17)18)8(26,27)28)12(37,38)45-14(41,42)10(32,33)34/h1-2H. The predicted octanol–water partition coefficient (Wildman–Crippen LogP) is 8.94. The maximum atomic E-state index is 15.0. The van der Waals surface area contributed by atoms with Crippen LogP contribution in [0.15, 0.2) is 0 Å². The average molecular weight is 750 g/mol. The Labute approximate surface area is 223 Å². The van der Waals surface area contributed by atoms with E-state index in [0.29, 0.717) is 0 Å². The average Bonchev–Trinajstić information content (AvgIpc) is 2.72. The van der Waals surface area contributed by atoms with Crippen molar-refractivity contribution in [2.75, 3.05) is 0 Å². The SMILES string of the molecule is FC(F)C(F)(C(F)(F)F)C(F)(OC(F)(C(F)(F)OC(F)(F)C(F)(F)F)C(F)(C(F)F)C(F)(F)F)C(F)(F)OC(F)(F)C(F)(F)F. The molecule has 0 aromatic rings. The Hall–Kier alpha value is -2.08. The molecule has 0 aliphatic rings. The normalized spacial score (nSPS) is 20.9. The van der Waals surface area contributed by atoms with Crippen LogP contribution in [0.4, 0.5) is 123 Å². The zero-order valence-corrected chi connectivity index (χ0v) is 19.0. The van der Waals surface area contributed by atoms with Gasteiger partial charge >= 0.3 is 72.2 Å². The molecular formula is C14H2F28O3. The van der Waals surface area contributed by atoms with Crippen molar-refractivity contribution >= 4 is 0 Å². The second-order valence-electron chi connectivity index (χ2n) is 7.58. The zero-order chi connectivity index (χ0) is 37.3. The summed E-state index contributed by atoms with van der Waals surface area (Å²) < 4.78 is 372. The van der Waals surface area contributed by atoms with Crippen LogP contribution in [0.2, 0.25) is 0 Å². The largest absolute Gasteiger partial charge is 0.483 e. The van der Waals surface area contributed by atoms with Gasteiger partial charge in [0.05, 0.1) is 0 Å². The zero-order valence-electron chi connectivity index (χ0n) is 19.0. The summed E-state index contributed by atoms with van der Waals surface area (Å²) in [7, 11) is 0. The van der Waals surface area contributed by atoms with Crippen molar-refractivity contribution in [3.8, 4) is 0 Å². The summed E-state index contributed by atoms with van der Waals surface area (Å²) in [6.07, 6.45) is -82.7. The van der Waals surface area contributed by atoms with E-state index >= 15 is 0 Å². The molecular weight excluding hydrogens is 748 g/mol. The quantitative estimate of drug-likeness (QED) is 0.187. The molecule has 0 amide bonds. The molecule has 0 fully saturated rings. The molecule has 272 valence electrons. The van der Waals surface area contributed by atoms with Crippen LogP contribution in [0.25, 0.3) is 0 Å². The van der Waals surface area contributed by atoms with Gasteiger partial charge in [-0.3, -0.25) is 4.74 Å². The molecule has 4 atom stereocenters. The van der Waals surface area contributed by atoms with Crippen LogP contribution in [-0.2, 0) is 14.2 Å². The van der Waals surface area contributed by atoms with Crippen LogP contribution >= 0.6 is 0 Å². The summed E-state index contributed by atoms with van der Waals surface area (Å²) in [4.78, 5) is 0. The minimum absolute atomic E-state index is 0.882. The summed E-state index contributed by atoms with van der Waals surface area (Å²) in [6.45, 7) is 0. The molecule has 45 heavy (non-hydrogen) atoms. The minimum atomic E-state index is -9.58. The molecule has 0 radical (unpaired) electrons. The molecule has 0 spiro atoms. The lowest BCUT2D eigenvalue weighted by Crippen LogP contribution is -2.79. The third-order valence-corrected chi connectivity index (χ3v) is 4.57. The van der Waals surface area contributed by atoms with Crippen LogP contribution in [0.1, 0.15) is 0 Å². The topological polar surface area (TPSA) is 27.7 Å². The Kier molecular flexibility index (Phi) is 10.7. The molecule has 0 bridgehead atoms. The van der Waals surface area contributed by atoms with E-state index in [4.69, 9.17) is 0 Å². The number of hydrogen-bond acceptors (Lipinski definition) is 3. The second kappa shape index (κ2) is 11.3. The van der Waals surface area contributed by atoms with Crippen LogP contribution in [-0.4, -0.2) is 85.0 Å². The Morgan fingerprint density at radius 2 is 0.467 bits per heavy atom. The third kappa shape index (κ3) is 6.69. The van der Waals surface area contributed by atoms with E-state index in [1.165, 1.54) is 0 Å². The van der Waals surface area contributed by atoms with Gasteiger partial charge in [-0.25, -0.2) is 35.8 Å². The number of halogens is 28. The maximum absolute atomic E-state index is 15.0. The molecule has 3 nitrogen and oxygen atoms in total. The van der Waals surface area contributed by atoms with Gasteiger partial charge in [0.1, 0.15) is 0 Å². The molecule has 0 N–H and O–H groups in total. The molecule has 0 heterocycles. The van der Waals surface area contributed by atoms with Gasteiger partial charge in [-0.1, -0.05) is 0 Å². The fraction of sp³-hybridized carbons (Fsp3) is 1.00. The van der Waals surface area contributed by atoms with E-state index < -0.39 is 85.0 Å². The van der Waals surface area contributed by atoms with Gasteiger partial charge in [-0.2, -0.15) is 96.6 Å². The van der Waals surface area contributed by atoms with Gasteiger partial charge in [-0.15, -0.1) is 0 Å². The van der Waals surface area contributed by atoms with Crippen LogP contribution in [0, 0.1) is 0 Å². The summed E-state index contributed by atoms with van der Waals surface area (Å²) in [5.41, 5.74) is -18.1. The number of rotatable bonds is 12. The predicted molar refractivity (Wildman–Crippen MR) is 74.6 cm³/mol. The Bertz CT molecular complexity index is 943. The van der Waals surface area contributed by atoms with E-state index in [9.17, 15) is 123 Å². The van der Waals surface area contributed by atoms with E-state index in [-0.39, 0.29) is 0 Å². The van der Waals surface area contributed by atoms with Crippen molar-refractivity contribution in [1.29, 1.82) is 0 Å². The molecule has 0 aliphatic carbocycles. The van der Waals surface area contributed by atoms with Gasteiger partial charge in [0.25, 0.3) is 12.9 Å². The fourth-order valence-electron chi connectivity index (χ4n) is 2.35. The molecule has 0 aromatic heterocycles. The number of ether oxygens (including phenoxy) is 3.